The van der Waals surface area contributed by atoms with Gasteiger partial charge in [-0.2, -0.15) is 0 Å². The van der Waals surface area contributed by atoms with Crippen molar-refractivity contribution in [1.29, 1.82) is 0 Å². The lowest BCUT2D eigenvalue weighted by molar-refractivity contribution is 0.807. The van der Waals surface area contributed by atoms with Gasteiger partial charge in [-0.15, -0.1) is 0 Å². The predicted octanol–water partition coefficient (Wildman–Crippen LogP) is 1.92. The van der Waals surface area contributed by atoms with Gasteiger partial charge in [0.2, 0.25) is 0 Å². The van der Waals surface area contributed by atoms with Crippen molar-refractivity contribution in [3.63, 3.8) is 0 Å². The number of hydrogen-bond donors (Lipinski definition) is 1. The molecule has 0 atom stereocenters. The highest BCUT2D eigenvalue weighted by atomic mass is 15.2. The van der Waals surface area contributed by atoms with Crippen LogP contribution in [0.4, 0.5) is 11.6 Å². The lowest BCUT2D eigenvalue weighted by atomic mass is 10.2. The Kier molecular flexibility index (Phi) is 2.99. The minimum absolute atomic E-state index is 0.626. The first-order valence-corrected chi connectivity index (χ1v) is 5.99. The lowest BCUT2D eigenvalue weighted by Crippen LogP contribution is -2.23. The molecule has 1 aliphatic rings. The monoisotopic (exact) mass is 220 g/mol. The first-order valence-electron chi connectivity index (χ1n) is 5.99. The molecular formula is C12H20N4. The normalized spacial score (nSPS) is 15.2. The van der Waals surface area contributed by atoms with Crippen LogP contribution < -0.4 is 10.6 Å². The summed E-state index contributed by atoms with van der Waals surface area (Å²) in [5, 5.41) is 0. The molecule has 88 valence electrons. The van der Waals surface area contributed by atoms with Crippen molar-refractivity contribution >= 4 is 11.6 Å². The Labute approximate surface area is 96.9 Å². The van der Waals surface area contributed by atoms with E-state index in [-0.39, 0.29) is 0 Å². The summed E-state index contributed by atoms with van der Waals surface area (Å²) in [5.41, 5.74) is 6.94. The van der Waals surface area contributed by atoms with Crippen molar-refractivity contribution in [3.05, 3.63) is 11.4 Å². The van der Waals surface area contributed by atoms with Gasteiger partial charge in [0, 0.05) is 25.1 Å². The van der Waals surface area contributed by atoms with Crippen LogP contribution in [0, 0.1) is 6.92 Å². The van der Waals surface area contributed by atoms with Crippen LogP contribution in [0.3, 0.4) is 0 Å². The molecule has 2 N–H and O–H groups in total. The number of rotatable bonds is 4. The molecule has 4 nitrogen and oxygen atoms in total. The van der Waals surface area contributed by atoms with Crippen LogP contribution in [0.2, 0.25) is 0 Å². The third-order valence-electron chi connectivity index (χ3n) is 3.11. The molecule has 1 aliphatic carbocycles. The van der Waals surface area contributed by atoms with Crippen molar-refractivity contribution in [2.45, 2.75) is 45.6 Å². The van der Waals surface area contributed by atoms with Gasteiger partial charge < -0.3 is 10.6 Å². The molecule has 16 heavy (non-hydrogen) atoms. The Bertz CT molecular complexity index is 385. The largest absolute Gasteiger partial charge is 0.383 e. The minimum Gasteiger partial charge on any atom is -0.383 e. The zero-order chi connectivity index (χ0) is 11.7. The van der Waals surface area contributed by atoms with Crippen molar-refractivity contribution < 1.29 is 0 Å². The Morgan fingerprint density at radius 3 is 2.62 bits per heavy atom. The third kappa shape index (κ3) is 2.10. The van der Waals surface area contributed by atoms with Crippen molar-refractivity contribution in [2.75, 3.05) is 17.7 Å². The maximum Gasteiger partial charge on any atom is 0.137 e. The standard InChI is InChI=1S/C12H20N4/c1-4-5-10-14-11(13)8(2)12(15-10)16(3)9-6-7-9/h9H,4-7H2,1-3H3,(H2,13,14,15). The van der Waals surface area contributed by atoms with E-state index in [9.17, 15) is 0 Å². The quantitative estimate of drug-likeness (QED) is 0.842. The fourth-order valence-electron chi connectivity index (χ4n) is 1.88. The maximum atomic E-state index is 5.93. The second-order valence-corrected chi connectivity index (χ2v) is 4.57. The van der Waals surface area contributed by atoms with Gasteiger partial charge in [-0.1, -0.05) is 6.92 Å². The fraction of sp³-hybridized carbons (Fsp3) is 0.667. The van der Waals surface area contributed by atoms with Gasteiger partial charge in [0.05, 0.1) is 0 Å². The van der Waals surface area contributed by atoms with E-state index >= 15 is 0 Å². The highest BCUT2D eigenvalue weighted by Crippen LogP contribution is 2.32. The number of nitrogens with zero attached hydrogens (tertiary/aromatic N) is 3. The average molecular weight is 220 g/mol. The van der Waals surface area contributed by atoms with Gasteiger partial charge in [0.1, 0.15) is 17.5 Å². The number of nitrogens with two attached hydrogens (primary N) is 1. The maximum absolute atomic E-state index is 5.93. The van der Waals surface area contributed by atoms with Gasteiger partial charge in [0.25, 0.3) is 0 Å². The highest BCUT2D eigenvalue weighted by molar-refractivity contribution is 5.57. The molecule has 0 aliphatic heterocycles. The van der Waals surface area contributed by atoms with Gasteiger partial charge in [-0.3, -0.25) is 0 Å². The summed E-state index contributed by atoms with van der Waals surface area (Å²) in [6, 6.07) is 0.655. The molecule has 0 saturated heterocycles. The molecule has 0 radical (unpaired) electrons. The predicted molar refractivity (Wildman–Crippen MR) is 66.6 cm³/mol. The highest BCUT2D eigenvalue weighted by Gasteiger charge is 2.28. The van der Waals surface area contributed by atoms with E-state index in [0.29, 0.717) is 11.9 Å². The van der Waals surface area contributed by atoms with E-state index in [0.717, 1.165) is 30.0 Å². The molecule has 0 unspecified atom stereocenters. The smallest absolute Gasteiger partial charge is 0.137 e. The molecule has 1 heterocycles. The topological polar surface area (TPSA) is 55.0 Å². The summed E-state index contributed by atoms with van der Waals surface area (Å²) in [7, 11) is 2.10. The zero-order valence-corrected chi connectivity index (χ0v) is 10.3. The molecule has 0 aromatic carbocycles. The third-order valence-corrected chi connectivity index (χ3v) is 3.11. The molecule has 2 rings (SSSR count). The van der Waals surface area contributed by atoms with Gasteiger partial charge in [0.15, 0.2) is 0 Å². The Morgan fingerprint density at radius 2 is 2.06 bits per heavy atom. The molecule has 0 amide bonds. The Hall–Kier alpha value is -1.32. The van der Waals surface area contributed by atoms with Crippen molar-refractivity contribution in [3.8, 4) is 0 Å². The van der Waals surface area contributed by atoms with E-state index in [1.807, 2.05) is 6.92 Å². The van der Waals surface area contributed by atoms with Crippen molar-refractivity contribution in [1.82, 2.24) is 9.97 Å². The van der Waals surface area contributed by atoms with Crippen LogP contribution in [0.1, 0.15) is 37.6 Å². The molecule has 0 spiro atoms. The van der Waals surface area contributed by atoms with E-state index in [2.05, 4.69) is 28.8 Å². The SMILES string of the molecule is CCCc1nc(N)c(C)c(N(C)C2CC2)n1. The Balaban J connectivity index is 2.33. The van der Waals surface area contributed by atoms with E-state index in [1.54, 1.807) is 0 Å². The summed E-state index contributed by atoms with van der Waals surface area (Å²) in [6.45, 7) is 4.13. The summed E-state index contributed by atoms with van der Waals surface area (Å²) < 4.78 is 0. The van der Waals surface area contributed by atoms with Crippen LogP contribution in [0.15, 0.2) is 0 Å². The minimum atomic E-state index is 0.626. The van der Waals surface area contributed by atoms with Crippen LogP contribution in [-0.2, 0) is 6.42 Å². The number of nitrogen functional groups attached to an aromatic ring is 1. The van der Waals surface area contributed by atoms with E-state index < -0.39 is 0 Å². The fourth-order valence-corrected chi connectivity index (χ4v) is 1.88. The van der Waals surface area contributed by atoms with Gasteiger partial charge >= 0.3 is 0 Å². The van der Waals surface area contributed by atoms with Crippen LogP contribution in [0.5, 0.6) is 0 Å². The van der Waals surface area contributed by atoms with Crippen molar-refractivity contribution in [2.24, 2.45) is 0 Å². The van der Waals surface area contributed by atoms with Crippen LogP contribution in [-0.4, -0.2) is 23.1 Å². The van der Waals surface area contributed by atoms with E-state index in [1.165, 1.54) is 12.8 Å². The average Bonchev–Trinajstić information content (AvgIpc) is 3.06. The van der Waals surface area contributed by atoms with Gasteiger partial charge in [-0.25, -0.2) is 9.97 Å². The Morgan fingerprint density at radius 1 is 1.38 bits per heavy atom. The molecule has 1 aromatic rings. The number of aryl methyl sites for hydroxylation is 1. The lowest BCUT2D eigenvalue weighted by Gasteiger charge is -2.20. The summed E-state index contributed by atoms with van der Waals surface area (Å²) in [4.78, 5) is 11.2. The molecule has 1 fully saturated rings. The van der Waals surface area contributed by atoms with E-state index in [4.69, 9.17) is 5.73 Å². The molecule has 1 saturated carbocycles. The molecule has 1 aromatic heterocycles. The molecule has 4 heteroatoms. The number of aromatic nitrogens is 2. The number of anilines is 2. The van der Waals surface area contributed by atoms with Crippen LogP contribution >= 0.6 is 0 Å². The van der Waals surface area contributed by atoms with Crippen LogP contribution in [0.25, 0.3) is 0 Å². The zero-order valence-electron chi connectivity index (χ0n) is 10.3. The summed E-state index contributed by atoms with van der Waals surface area (Å²) >= 11 is 0. The second-order valence-electron chi connectivity index (χ2n) is 4.57. The summed E-state index contributed by atoms with van der Waals surface area (Å²) in [6.07, 6.45) is 4.48. The first-order chi connectivity index (χ1) is 7.63. The molecule has 0 bridgehead atoms. The summed E-state index contributed by atoms with van der Waals surface area (Å²) in [5.74, 6) is 2.51. The number of hydrogen-bond acceptors (Lipinski definition) is 4. The second kappa shape index (κ2) is 4.28. The molecular weight excluding hydrogens is 200 g/mol. The van der Waals surface area contributed by atoms with Gasteiger partial charge in [-0.05, 0) is 26.2 Å². The first kappa shape index (κ1) is 11.2.